The van der Waals surface area contributed by atoms with Crippen molar-refractivity contribution in [3.63, 3.8) is 0 Å². The minimum atomic E-state index is -0.0865. The Hall–Kier alpha value is -0.0400. The molecule has 0 aromatic rings. The lowest BCUT2D eigenvalue weighted by molar-refractivity contribution is 0.160. The van der Waals surface area contributed by atoms with Gasteiger partial charge in [0, 0.05) is 0 Å². The fraction of sp³-hybridized carbons (Fsp3) is 0.889. The third-order valence-corrected chi connectivity index (χ3v) is 1.65. The Morgan fingerprint density at radius 2 is 2.10 bits per heavy atom. The molecule has 0 amide bonds. The van der Waals surface area contributed by atoms with Crippen LogP contribution < -0.4 is 0 Å². The number of unbranched alkanes of at least 4 members (excludes halogenated alkanes) is 2. The minimum absolute atomic E-state index is 0.0865. The van der Waals surface area contributed by atoms with Crippen LogP contribution >= 0.6 is 0 Å². The molecule has 0 bridgehead atoms. The highest BCUT2D eigenvalue weighted by Crippen LogP contribution is 2.06. The second-order valence-electron chi connectivity index (χ2n) is 2.79. The van der Waals surface area contributed by atoms with E-state index >= 15 is 0 Å². The minimum Gasteiger partial charge on any atom is -0.393 e. The van der Waals surface area contributed by atoms with Gasteiger partial charge in [0.25, 0.3) is 0 Å². The van der Waals surface area contributed by atoms with Crippen molar-refractivity contribution in [1.82, 2.24) is 0 Å². The Balaban J connectivity index is 2.97. The standard InChI is InChI=1S/C9H19O/c1-3-5-6-8-9(10)7-4-2/h4,9-10H,3,5-8H2,1-2H3. The molecule has 0 aromatic carbocycles. The molecule has 1 nitrogen and oxygen atoms in total. The second kappa shape index (κ2) is 7.07. The topological polar surface area (TPSA) is 20.2 Å². The number of aliphatic hydroxyl groups is 1. The van der Waals surface area contributed by atoms with Crippen molar-refractivity contribution >= 4 is 0 Å². The summed E-state index contributed by atoms with van der Waals surface area (Å²) in [6, 6.07) is 0. The molecule has 1 N–H and O–H groups in total. The van der Waals surface area contributed by atoms with E-state index in [4.69, 9.17) is 0 Å². The van der Waals surface area contributed by atoms with Crippen LogP contribution in [0.1, 0.15) is 46.0 Å². The van der Waals surface area contributed by atoms with Crippen LogP contribution in [0.15, 0.2) is 0 Å². The SMILES string of the molecule is C[CH]CC(O)CCCCC. The molecule has 0 aliphatic heterocycles. The molecule has 0 saturated heterocycles. The maximum Gasteiger partial charge on any atom is 0.0542 e. The average molecular weight is 143 g/mol. The number of rotatable bonds is 6. The Morgan fingerprint density at radius 1 is 1.40 bits per heavy atom. The maximum atomic E-state index is 9.24. The highest BCUT2D eigenvalue weighted by atomic mass is 16.3. The van der Waals surface area contributed by atoms with E-state index in [9.17, 15) is 5.11 Å². The van der Waals surface area contributed by atoms with Crippen LogP contribution in [0.25, 0.3) is 0 Å². The highest BCUT2D eigenvalue weighted by molar-refractivity contribution is 4.64. The molecule has 0 aliphatic rings. The molecule has 0 fully saturated rings. The molecule has 10 heavy (non-hydrogen) atoms. The zero-order chi connectivity index (χ0) is 7.82. The van der Waals surface area contributed by atoms with Gasteiger partial charge in [-0.05, 0) is 19.3 Å². The first-order valence-corrected chi connectivity index (χ1v) is 4.27. The normalized spacial score (nSPS) is 13.5. The van der Waals surface area contributed by atoms with Gasteiger partial charge in [0.05, 0.1) is 6.10 Å². The van der Waals surface area contributed by atoms with Gasteiger partial charge in [0.2, 0.25) is 0 Å². The molecular weight excluding hydrogens is 124 g/mol. The van der Waals surface area contributed by atoms with E-state index in [2.05, 4.69) is 6.92 Å². The van der Waals surface area contributed by atoms with Gasteiger partial charge in [-0.2, -0.15) is 0 Å². The van der Waals surface area contributed by atoms with Crippen molar-refractivity contribution in [3.8, 4) is 0 Å². The fourth-order valence-corrected chi connectivity index (χ4v) is 1.02. The molecule has 0 saturated carbocycles. The number of hydrogen-bond donors (Lipinski definition) is 1. The third-order valence-electron chi connectivity index (χ3n) is 1.65. The van der Waals surface area contributed by atoms with Crippen molar-refractivity contribution in [1.29, 1.82) is 0 Å². The molecule has 1 radical (unpaired) electrons. The molecule has 1 unspecified atom stereocenters. The van der Waals surface area contributed by atoms with E-state index in [1.807, 2.05) is 13.3 Å². The summed E-state index contributed by atoms with van der Waals surface area (Å²) in [6.45, 7) is 4.17. The predicted molar refractivity (Wildman–Crippen MR) is 44.7 cm³/mol. The first-order valence-electron chi connectivity index (χ1n) is 4.27. The lowest BCUT2D eigenvalue weighted by atomic mass is 10.1. The van der Waals surface area contributed by atoms with Crippen LogP contribution in [0.4, 0.5) is 0 Å². The Labute approximate surface area is 64.5 Å². The van der Waals surface area contributed by atoms with Crippen molar-refractivity contribution < 1.29 is 5.11 Å². The zero-order valence-electron chi connectivity index (χ0n) is 7.14. The van der Waals surface area contributed by atoms with Crippen molar-refractivity contribution in [2.75, 3.05) is 0 Å². The van der Waals surface area contributed by atoms with Gasteiger partial charge in [-0.25, -0.2) is 0 Å². The van der Waals surface area contributed by atoms with Gasteiger partial charge < -0.3 is 5.11 Å². The Kier molecular flexibility index (Phi) is 7.04. The van der Waals surface area contributed by atoms with Gasteiger partial charge in [-0.1, -0.05) is 33.1 Å². The van der Waals surface area contributed by atoms with Crippen molar-refractivity contribution in [2.24, 2.45) is 0 Å². The lowest BCUT2D eigenvalue weighted by Gasteiger charge is -2.06. The molecule has 0 heterocycles. The van der Waals surface area contributed by atoms with Gasteiger partial charge in [-0.3, -0.25) is 0 Å². The molecule has 61 valence electrons. The van der Waals surface area contributed by atoms with Gasteiger partial charge in [-0.15, -0.1) is 0 Å². The van der Waals surface area contributed by atoms with Crippen LogP contribution in [-0.4, -0.2) is 11.2 Å². The summed E-state index contributed by atoms with van der Waals surface area (Å²) >= 11 is 0. The first-order chi connectivity index (χ1) is 4.81. The van der Waals surface area contributed by atoms with Gasteiger partial charge >= 0.3 is 0 Å². The quantitative estimate of drug-likeness (QED) is 0.566. The molecular formula is C9H19O. The third kappa shape index (κ3) is 6.09. The van der Waals surface area contributed by atoms with E-state index in [1.54, 1.807) is 0 Å². The molecule has 1 atom stereocenters. The van der Waals surface area contributed by atoms with Crippen molar-refractivity contribution in [2.45, 2.75) is 52.1 Å². The Bertz CT molecular complexity index is 61.7. The summed E-state index contributed by atoms with van der Waals surface area (Å²) < 4.78 is 0. The average Bonchev–Trinajstić information content (AvgIpc) is 1.89. The summed E-state index contributed by atoms with van der Waals surface area (Å²) in [5.74, 6) is 0. The number of aliphatic hydroxyl groups excluding tert-OH is 1. The van der Waals surface area contributed by atoms with Crippen LogP contribution in [0, 0.1) is 6.42 Å². The van der Waals surface area contributed by atoms with E-state index in [0.29, 0.717) is 0 Å². The zero-order valence-corrected chi connectivity index (χ0v) is 7.14. The smallest absolute Gasteiger partial charge is 0.0542 e. The van der Waals surface area contributed by atoms with E-state index in [0.717, 1.165) is 12.8 Å². The van der Waals surface area contributed by atoms with Gasteiger partial charge in [0.1, 0.15) is 0 Å². The second-order valence-corrected chi connectivity index (χ2v) is 2.79. The van der Waals surface area contributed by atoms with Gasteiger partial charge in [0.15, 0.2) is 0 Å². The number of hydrogen-bond acceptors (Lipinski definition) is 1. The van der Waals surface area contributed by atoms with E-state index in [-0.39, 0.29) is 6.10 Å². The molecule has 0 aromatic heterocycles. The monoisotopic (exact) mass is 143 g/mol. The molecule has 0 rings (SSSR count). The highest BCUT2D eigenvalue weighted by Gasteiger charge is 2.00. The summed E-state index contributed by atoms with van der Waals surface area (Å²) in [7, 11) is 0. The maximum absolute atomic E-state index is 9.24. The van der Waals surface area contributed by atoms with Crippen LogP contribution in [-0.2, 0) is 0 Å². The summed E-state index contributed by atoms with van der Waals surface area (Å²) in [5.41, 5.74) is 0. The molecule has 0 aliphatic carbocycles. The van der Waals surface area contributed by atoms with E-state index in [1.165, 1.54) is 19.3 Å². The van der Waals surface area contributed by atoms with Crippen molar-refractivity contribution in [3.05, 3.63) is 6.42 Å². The predicted octanol–water partition coefficient (Wildman–Crippen LogP) is 2.54. The summed E-state index contributed by atoms with van der Waals surface area (Å²) in [4.78, 5) is 0. The largest absolute Gasteiger partial charge is 0.393 e. The van der Waals surface area contributed by atoms with Crippen LogP contribution in [0.5, 0.6) is 0 Å². The molecule has 0 spiro atoms. The first kappa shape index (κ1) is 9.96. The summed E-state index contributed by atoms with van der Waals surface area (Å²) in [5, 5.41) is 9.24. The Morgan fingerprint density at radius 3 is 2.60 bits per heavy atom. The van der Waals surface area contributed by atoms with Crippen LogP contribution in [0.3, 0.4) is 0 Å². The summed E-state index contributed by atoms with van der Waals surface area (Å²) in [6.07, 6.45) is 7.42. The van der Waals surface area contributed by atoms with Crippen LogP contribution in [0.2, 0.25) is 0 Å². The van der Waals surface area contributed by atoms with E-state index < -0.39 is 0 Å². The molecule has 1 heteroatoms. The lowest BCUT2D eigenvalue weighted by Crippen LogP contribution is -2.05. The fourth-order valence-electron chi connectivity index (χ4n) is 1.02.